The zero-order chi connectivity index (χ0) is 22.4. The molecule has 2 N–H and O–H groups in total. The first kappa shape index (κ1) is 22.7. The summed E-state index contributed by atoms with van der Waals surface area (Å²) in [5.74, 6) is 0.466. The molecule has 2 aromatic carbocycles. The van der Waals surface area contributed by atoms with Crippen LogP contribution in [0.25, 0.3) is 0 Å². The largest absolute Gasteiger partial charge is 0.497 e. The SMILES string of the molecule is COc1cc(OC)cc(C(=O)NC(C(=O)NCC2(c3ccccc3)CCC2)C(C)C)c1. The number of ether oxygens (including phenoxy) is 2. The highest BCUT2D eigenvalue weighted by Crippen LogP contribution is 2.43. The van der Waals surface area contributed by atoms with Crippen molar-refractivity contribution in [3.63, 3.8) is 0 Å². The molecule has 2 aromatic rings. The molecule has 0 saturated heterocycles. The standard InChI is InChI=1S/C25H32N2O4/c1-17(2)22(27-23(28)18-13-20(30-3)15-21(14-18)31-4)24(29)26-16-25(11-8-12-25)19-9-6-5-7-10-19/h5-7,9-10,13-15,17,22H,8,11-12,16H2,1-4H3,(H,26,29)(H,27,28). The van der Waals surface area contributed by atoms with Crippen LogP contribution in [0.2, 0.25) is 0 Å². The maximum atomic E-state index is 13.0. The van der Waals surface area contributed by atoms with Crippen LogP contribution >= 0.6 is 0 Å². The van der Waals surface area contributed by atoms with Crippen LogP contribution in [-0.2, 0) is 10.2 Å². The first-order valence-electron chi connectivity index (χ1n) is 10.8. The normalized spacial score (nSPS) is 15.5. The molecule has 2 amide bonds. The third-order valence-electron chi connectivity index (χ3n) is 6.15. The number of rotatable bonds is 9. The highest BCUT2D eigenvalue weighted by Gasteiger charge is 2.39. The second-order valence-electron chi connectivity index (χ2n) is 8.51. The van der Waals surface area contributed by atoms with Crippen molar-refractivity contribution < 1.29 is 19.1 Å². The van der Waals surface area contributed by atoms with Crippen molar-refractivity contribution in [1.82, 2.24) is 10.6 Å². The molecule has 1 aliphatic carbocycles. The Labute approximate surface area is 184 Å². The highest BCUT2D eigenvalue weighted by atomic mass is 16.5. The van der Waals surface area contributed by atoms with E-state index >= 15 is 0 Å². The zero-order valence-electron chi connectivity index (χ0n) is 18.7. The molecular formula is C25H32N2O4. The van der Waals surface area contributed by atoms with Gasteiger partial charge in [0, 0.05) is 23.6 Å². The minimum atomic E-state index is -0.641. The summed E-state index contributed by atoms with van der Waals surface area (Å²) >= 11 is 0. The van der Waals surface area contributed by atoms with Gasteiger partial charge in [-0.15, -0.1) is 0 Å². The number of hydrogen-bond acceptors (Lipinski definition) is 4. The minimum Gasteiger partial charge on any atom is -0.497 e. The maximum absolute atomic E-state index is 13.0. The van der Waals surface area contributed by atoms with E-state index in [-0.39, 0.29) is 23.1 Å². The lowest BCUT2D eigenvalue weighted by molar-refractivity contribution is -0.124. The molecule has 0 spiro atoms. The maximum Gasteiger partial charge on any atom is 0.252 e. The number of nitrogens with one attached hydrogen (secondary N) is 2. The number of carbonyl (C=O) groups excluding carboxylic acids is 2. The highest BCUT2D eigenvalue weighted by molar-refractivity contribution is 5.98. The Morgan fingerprint density at radius 2 is 1.61 bits per heavy atom. The van der Waals surface area contributed by atoms with Crippen LogP contribution in [0.15, 0.2) is 48.5 Å². The van der Waals surface area contributed by atoms with Gasteiger partial charge in [-0.3, -0.25) is 9.59 Å². The number of amides is 2. The summed E-state index contributed by atoms with van der Waals surface area (Å²) in [5, 5.41) is 5.99. The van der Waals surface area contributed by atoms with E-state index < -0.39 is 6.04 Å². The zero-order valence-corrected chi connectivity index (χ0v) is 18.7. The van der Waals surface area contributed by atoms with E-state index in [9.17, 15) is 9.59 Å². The van der Waals surface area contributed by atoms with Crippen LogP contribution in [0, 0.1) is 5.92 Å². The summed E-state index contributed by atoms with van der Waals surface area (Å²) in [6, 6.07) is 14.7. The molecule has 6 nitrogen and oxygen atoms in total. The second kappa shape index (κ2) is 9.86. The third-order valence-corrected chi connectivity index (χ3v) is 6.15. The van der Waals surface area contributed by atoms with Crippen LogP contribution in [-0.4, -0.2) is 38.6 Å². The Morgan fingerprint density at radius 1 is 1.00 bits per heavy atom. The van der Waals surface area contributed by atoms with Gasteiger partial charge in [0.05, 0.1) is 14.2 Å². The molecule has 6 heteroatoms. The van der Waals surface area contributed by atoms with E-state index in [0.717, 1.165) is 19.3 Å². The van der Waals surface area contributed by atoms with Crippen molar-refractivity contribution in [2.75, 3.05) is 20.8 Å². The van der Waals surface area contributed by atoms with Gasteiger partial charge in [0.2, 0.25) is 5.91 Å². The summed E-state index contributed by atoms with van der Waals surface area (Å²) in [6.45, 7) is 4.42. The minimum absolute atomic E-state index is 0.0113. The van der Waals surface area contributed by atoms with Gasteiger partial charge in [0.15, 0.2) is 0 Å². The molecule has 1 unspecified atom stereocenters. The Bertz CT molecular complexity index is 885. The summed E-state index contributed by atoms with van der Waals surface area (Å²) in [7, 11) is 3.06. The van der Waals surface area contributed by atoms with Crippen LogP contribution < -0.4 is 20.1 Å². The molecule has 31 heavy (non-hydrogen) atoms. The van der Waals surface area contributed by atoms with E-state index in [2.05, 4.69) is 22.8 Å². The Kier molecular flexibility index (Phi) is 7.21. The molecule has 1 aliphatic rings. The number of methoxy groups -OCH3 is 2. The van der Waals surface area contributed by atoms with Gasteiger partial charge in [0.25, 0.3) is 5.91 Å². The van der Waals surface area contributed by atoms with Crippen molar-refractivity contribution in [3.05, 3.63) is 59.7 Å². The second-order valence-corrected chi connectivity index (χ2v) is 8.51. The molecule has 1 atom stereocenters. The van der Waals surface area contributed by atoms with Crippen molar-refractivity contribution in [2.24, 2.45) is 5.92 Å². The number of benzene rings is 2. The summed E-state index contributed by atoms with van der Waals surface area (Å²) in [6.07, 6.45) is 3.27. The molecule has 0 aliphatic heterocycles. The molecule has 0 radical (unpaired) electrons. The molecule has 0 aromatic heterocycles. The molecule has 1 saturated carbocycles. The van der Waals surface area contributed by atoms with Crippen molar-refractivity contribution in [3.8, 4) is 11.5 Å². The molecule has 0 bridgehead atoms. The summed E-state index contributed by atoms with van der Waals surface area (Å²) in [5.41, 5.74) is 1.63. The molecule has 3 rings (SSSR count). The Hall–Kier alpha value is -3.02. The van der Waals surface area contributed by atoms with E-state index in [1.807, 2.05) is 32.0 Å². The predicted octanol–water partition coefficient (Wildman–Crippen LogP) is 3.70. The molecular weight excluding hydrogens is 392 g/mol. The summed E-state index contributed by atoms with van der Waals surface area (Å²) < 4.78 is 10.5. The lowest BCUT2D eigenvalue weighted by atomic mass is 9.64. The smallest absolute Gasteiger partial charge is 0.252 e. The van der Waals surface area contributed by atoms with Crippen LogP contribution in [0.3, 0.4) is 0 Å². The quantitative estimate of drug-likeness (QED) is 0.644. The Balaban J connectivity index is 1.69. The van der Waals surface area contributed by atoms with Gasteiger partial charge < -0.3 is 20.1 Å². The predicted molar refractivity (Wildman–Crippen MR) is 121 cm³/mol. The van der Waals surface area contributed by atoms with Gasteiger partial charge >= 0.3 is 0 Å². The van der Waals surface area contributed by atoms with Crippen LogP contribution in [0.1, 0.15) is 49.0 Å². The van der Waals surface area contributed by atoms with Crippen LogP contribution in [0.5, 0.6) is 11.5 Å². The van der Waals surface area contributed by atoms with E-state index in [1.165, 1.54) is 19.8 Å². The molecule has 166 valence electrons. The van der Waals surface area contributed by atoms with E-state index in [4.69, 9.17) is 9.47 Å². The van der Waals surface area contributed by atoms with Gasteiger partial charge in [-0.25, -0.2) is 0 Å². The Morgan fingerprint density at radius 3 is 2.10 bits per heavy atom. The third kappa shape index (κ3) is 5.19. The fourth-order valence-electron chi connectivity index (χ4n) is 4.03. The topological polar surface area (TPSA) is 76.7 Å². The van der Waals surface area contributed by atoms with Gasteiger partial charge in [-0.1, -0.05) is 50.6 Å². The van der Waals surface area contributed by atoms with Gasteiger partial charge in [-0.05, 0) is 36.5 Å². The van der Waals surface area contributed by atoms with Crippen molar-refractivity contribution >= 4 is 11.8 Å². The number of carbonyl (C=O) groups is 2. The summed E-state index contributed by atoms with van der Waals surface area (Å²) in [4.78, 5) is 25.9. The number of hydrogen-bond donors (Lipinski definition) is 2. The first-order chi connectivity index (χ1) is 14.9. The van der Waals surface area contributed by atoms with Gasteiger partial charge in [0.1, 0.15) is 17.5 Å². The van der Waals surface area contributed by atoms with Crippen molar-refractivity contribution in [1.29, 1.82) is 0 Å². The lowest BCUT2D eigenvalue weighted by Gasteiger charge is -2.43. The van der Waals surface area contributed by atoms with Crippen molar-refractivity contribution in [2.45, 2.75) is 44.6 Å². The average molecular weight is 425 g/mol. The van der Waals surface area contributed by atoms with E-state index in [1.54, 1.807) is 18.2 Å². The monoisotopic (exact) mass is 424 g/mol. The lowest BCUT2D eigenvalue weighted by Crippen LogP contribution is -2.53. The fourth-order valence-corrected chi connectivity index (χ4v) is 4.03. The van der Waals surface area contributed by atoms with Gasteiger partial charge in [-0.2, -0.15) is 0 Å². The van der Waals surface area contributed by atoms with E-state index in [0.29, 0.717) is 23.6 Å². The van der Waals surface area contributed by atoms with Crippen LogP contribution in [0.4, 0.5) is 0 Å². The fraction of sp³-hybridized carbons (Fsp3) is 0.440. The average Bonchev–Trinajstić information content (AvgIpc) is 2.76. The first-order valence-corrected chi connectivity index (χ1v) is 10.8. The molecule has 0 heterocycles. The molecule has 1 fully saturated rings.